The summed E-state index contributed by atoms with van der Waals surface area (Å²) in [5.41, 5.74) is 3.72. The summed E-state index contributed by atoms with van der Waals surface area (Å²) in [7, 11) is 1.68. The maximum Gasteiger partial charge on any atom is 0.249 e. The number of halogens is 2. The number of aromatic nitrogens is 1. The van der Waals surface area contributed by atoms with E-state index in [1.807, 2.05) is 42.5 Å². The molecule has 170 valence electrons. The smallest absolute Gasteiger partial charge is 0.249 e. The van der Waals surface area contributed by atoms with Gasteiger partial charge in [0, 0.05) is 54.1 Å². The van der Waals surface area contributed by atoms with Gasteiger partial charge in [0.15, 0.2) is 0 Å². The van der Waals surface area contributed by atoms with Crippen LogP contribution in [0.25, 0.3) is 0 Å². The lowest BCUT2D eigenvalue weighted by Crippen LogP contribution is -2.27. The third-order valence-corrected chi connectivity index (χ3v) is 5.93. The molecule has 2 aromatic carbocycles. The normalized spacial score (nSPS) is 15.3. The molecule has 3 aromatic rings. The zero-order valence-electron chi connectivity index (χ0n) is 18.1. The number of benzodiazepines with no additional fused rings is 1. The van der Waals surface area contributed by atoms with Crippen LogP contribution >= 0.6 is 23.2 Å². The maximum atomic E-state index is 13.0. The fraction of sp³-hybridized carbons (Fsp3) is 0.240. The predicted molar refractivity (Wildman–Crippen MR) is 134 cm³/mol. The van der Waals surface area contributed by atoms with Crippen molar-refractivity contribution in [2.45, 2.75) is 18.9 Å². The first-order valence-electron chi connectivity index (χ1n) is 10.7. The van der Waals surface area contributed by atoms with Crippen LogP contribution in [-0.2, 0) is 16.0 Å². The van der Waals surface area contributed by atoms with Crippen LogP contribution in [0.15, 0.2) is 65.8 Å². The lowest BCUT2D eigenvalue weighted by atomic mass is 10.0. The summed E-state index contributed by atoms with van der Waals surface area (Å²) in [5, 5.41) is 7.43. The number of hydrogen-bond donors (Lipinski definition) is 2. The SMILES string of the molecule is COCCCNc1ccc(C2=N[C@@H](Cc3ccccc3Cl)C(=O)Nc3ccc(Cl)cc32)cn1. The van der Waals surface area contributed by atoms with Gasteiger partial charge in [-0.2, -0.15) is 0 Å². The minimum atomic E-state index is -0.655. The Labute approximate surface area is 203 Å². The molecule has 2 heterocycles. The number of aliphatic imine (C=N–C) groups is 1. The van der Waals surface area contributed by atoms with Crippen LogP contribution in [0.1, 0.15) is 23.1 Å². The van der Waals surface area contributed by atoms with E-state index in [0.717, 1.165) is 35.5 Å². The molecular formula is C25H24Cl2N4O2. The minimum Gasteiger partial charge on any atom is -0.385 e. The van der Waals surface area contributed by atoms with Gasteiger partial charge in [0.25, 0.3) is 0 Å². The maximum absolute atomic E-state index is 13.0. The largest absolute Gasteiger partial charge is 0.385 e. The Kier molecular flexibility index (Phi) is 7.60. The predicted octanol–water partition coefficient (Wildman–Crippen LogP) is 5.24. The Morgan fingerprint density at radius 2 is 1.97 bits per heavy atom. The third-order valence-electron chi connectivity index (χ3n) is 5.32. The molecule has 4 rings (SSSR count). The molecule has 0 spiro atoms. The number of rotatable bonds is 8. The molecule has 1 aliphatic rings. The zero-order chi connectivity index (χ0) is 23.2. The first-order valence-corrected chi connectivity index (χ1v) is 11.4. The van der Waals surface area contributed by atoms with E-state index in [4.69, 9.17) is 32.9 Å². The number of pyridine rings is 1. The molecule has 0 saturated carbocycles. The van der Waals surface area contributed by atoms with Crippen molar-refractivity contribution in [2.24, 2.45) is 4.99 Å². The number of anilines is 2. The van der Waals surface area contributed by atoms with Crippen LogP contribution in [0, 0.1) is 0 Å². The van der Waals surface area contributed by atoms with Gasteiger partial charge in [-0.3, -0.25) is 9.79 Å². The number of carbonyl (C=O) groups excluding carboxylic acids is 1. The topological polar surface area (TPSA) is 75.6 Å². The second-order valence-corrected chi connectivity index (χ2v) is 8.52. The molecule has 0 fully saturated rings. The molecule has 0 aliphatic carbocycles. The molecular weight excluding hydrogens is 459 g/mol. The Morgan fingerprint density at radius 3 is 2.73 bits per heavy atom. The van der Waals surface area contributed by atoms with Crippen molar-refractivity contribution >= 4 is 46.3 Å². The summed E-state index contributed by atoms with van der Waals surface area (Å²) in [6.07, 6.45) is 3.02. The Balaban J connectivity index is 1.68. The number of ether oxygens (including phenoxy) is 1. The van der Waals surface area contributed by atoms with E-state index in [2.05, 4.69) is 15.6 Å². The molecule has 0 unspecified atom stereocenters. The molecule has 2 N–H and O–H groups in total. The Hall–Kier alpha value is -2.93. The monoisotopic (exact) mass is 482 g/mol. The molecule has 1 amide bonds. The highest BCUT2D eigenvalue weighted by atomic mass is 35.5. The van der Waals surface area contributed by atoms with Gasteiger partial charge in [-0.25, -0.2) is 4.98 Å². The van der Waals surface area contributed by atoms with Gasteiger partial charge in [-0.05, 0) is 48.4 Å². The molecule has 1 atom stereocenters. The van der Waals surface area contributed by atoms with E-state index in [-0.39, 0.29) is 5.91 Å². The lowest BCUT2D eigenvalue weighted by molar-refractivity contribution is -0.117. The van der Waals surface area contributed by atoms with Crippen molar-refractivity contribution in [1.29, 1.82) is 0 Å². The Morgan fingerprint density at radius 1 is 1.12 bits per heavy atom. The summed E-state index contributed by atoms with van der Waals surface area (Å²) in [5.74, 6) is 0.565. The first-order chi connectivity index (χ1) is 16.0. The van der Waals surface area contributed by atoms with Crippen LogP contribution < -0.4 is 10.6 Å². The second kappa shape index (κ2) is 10.8. The van der Waals surface area contributed by atoms with E-state index in [1.165, 1.54) is 0 Å². The zero-order valence-corrected chi connectivity index (χ0v) is 19.7. The van der Waals surface area contributed by atoms with Crippen LogP contribution in [0.5, 0.6) is 0 Å². The number of methoxy groups -OCH3 is 1. The van der Waals surface area contributed by atoms with Gasteiger partial charge in [-0.15, -0.1) is 0 Å². The van der Waals surface area contributed by atoms with E-state index in [0.29, 0.717) is 34.5 Å². The number of hydrogen-bond acceptors (Lipinski definition) is 5. The van der Waals surface area contributed by atoms with Crippen LogP contribution in [-0.4, -0.2) is 42.9 Å². The molecule has 1 aliphatic heterocycles. The third kappa shape index (κ3) is 5.71. The van der Waals surface area contributed by atoms with Crippen LogP contribution in [0.4, 0.5) is 11.5 Å². The highest BCUT2D eigenvalue weighted by Gasteiger charge is 2.27. The fourth-order valence-corrected chi connectivity index (χ4v) is 4.02. The van der Waals surface area contributed by atoms with Gasteiger partial charge >= 0.3 is 0 Å². The average Bonchev–Trinajstić information content (AvgIpc) is 2.95. The van der Waals surface area contributed by atoms with Crippen molar-refractivity contribution in [3.8, 4) is 0 Å². The molecule has 0 saturated heterocycles. The van der Waals surface area contributed by atoms with E-state index >= 15 is 0 Å². The van der Waals surface area contributed by atoms with Gasteiger partial charge < -0.3 is 15.4 Å². The summed E-state index contributed by atoms with van der Waals surface area (Å²) >= 11 is 12.6. The second-order valence-electron chi connectivity index (χ2n) is 7.67. The summed E-state index contributed by atoms with van der Waals surface area (Å²) in [6, 6.07) is 16.0. The van der Waals surface area contributed by atoms with Crippen molar-refractivity contribution in [3.63, 3.8) is 0 Å². The van der Waals surface area contributed by atoms with Crippen molar-refractivity contribution < 1.29 is 9.53 Å². The molecule has 1 aromatic heterocycles. The van der Waals surface area contributed by atoms with E-state index in [9.17, 15) is 4.79 Å². The minimum absolute atomic E-state index is 0.196. The number of benzene rings is 2. The first kappa shape index (κ1) is 23.2. The fourth-order valence-electron chi connectivity index (χ4n) is 3.63. The standard InChI is InChI=1S/C25H24Cl2N4O2/c1-33-12-4-11-28-23-10-7-17(15-29-23)24-19-14-18(26)8-9-21(19)31-25(32)22(30-24)13-16-5-2-3-6-20(16)27/h2-3,5-10,14-15,22H,4,11-13H2,1H3,(H,28,29)(H,31,32)/t22-/m0/s1. The molecule has 0 bridgehead atoms. The number of carbonyl (C=O) groups is 1. The lowest BCUT2D eigenvalue weighted by Gasteiger charge is -2.12. The van der Waals surface area contributed by atoms with Gasteiger partial charge in [0.2, 0.25) is 5.91 Å². The van der Waals surface area contributed by atoms with E-state index in [1.54, 1.807) is 25.4 Å². The molecule has 8 heteroatoms. The van der Waals surface area contributed by atoms with Crippen LogP contribution in [0.3, 0.4) is 0 Å². The van der Waals surface area contributed by atoms with Crippen LogP contribution in [0.2, 0.25) is 10.0 Å². The van der Waals surface area contributed by atoms with Crippen molar-refractivity contribution in [3.05, 3.63) is 87.5 Å². The van der Waals surface area contributed by atoms with Gasteiger partial charge in [-0.1, -0.05) is 41.4 Å². The van der Waals surface area contributed by atoms with Crippen molar-refractivity contribution in [2.75, 3.05) is 30.9 Å². The highest BCUT2D eigenvalue weighted by molar-refractivity contribution is 6.32. The molecule has 33 heavy (non-hydrogen) atoms. The molecule has 6 nitrogen and oxygen atoms in total. The van der Waals surface area contributed by atoms with Gasteiger partial charge in [0.1, 0.15) is 11.9 Å². The van der Waals surface area contributed by atoms with E-state index < -0.39 is 6.04 Å². The Bertz CT molecular complexity index is 1170. The summed E-state index contributed by atoms with van der Waals surface area (Å²) in [4.78, 5) is 22.4. The quantitative estimate of drug-likeness (QED) is 0.430. The van der Waals surface area contributed by atoms with Crippen molar-refractivity contribution in [1.82, 2.24) is 4.98 Å². The number of nitrogens with one attached hydrogen (secondary N) is 2. The average molecular weight is 483 g/mol. The molecule has 0 radical (unpaired) electrons. The highest BCUT2D eigenvalue weighted by Crippen LogP contribution is 2.29. The summed E-state index contributed by atoms with van der Waals surface area (Å²) < 4.78 is 5.07. The number of nitrogens with zero attached hydrogens (tertiary/aromatic N) is 2. The number of amides is 1. The summed E-state index contributed by atoms with van der Waals surface area (Å²) in [6.45, 7) is 1.45. The number of fused-ring (bicyclic) bond motifs is 1. The van der Waals surface area contributed by atoms with Gasteiger partial charge in [0.05, 0.1) is 11.4 Å².